The van der Waals surface area contributed by atoms with Crippen LogP contribution in [0.5, 0.6) is 5.75 Å². The van der Waals surface area contributed by atoms with E-state index in [0.29, 0.717) is 12.1 Å². The van der Waals surface area contributed by atoms with Gasteiger partial charge in [-0.3, -0.25) is 24.1 Å². The lowest BCUT2D eigenvalue weighted by Crippen LogP contribution is -2.68. The quantitative estimate of drug-likeness (QED) is 0.0924. The van der Waals surface area contributed by atoms with Crippen LogP contribution in [0.3, 0.4) is 0 Å². The van der Waals surface area contributed by atoms with Gasteiger partial charge in [0.2, 0.25) is 11.7 Å². The first-order chi connectivity index (χ1) is 19.2. The van der Waals surface area contributed by atoms with E-state index in [4.69, 9.17) is 5.73 Å². The summed E-state index contributed by atoms with van der Waals surface area (Å²) in [5.74, 6) is -10.3. The number of aromatic hydroxyl groups is 1. The fourth-order valence-corrected chi connectivity index (χ4v) is 6.31. The summed E-state index contributed by atoms with van der Waals surface area (Å²) >= 11 is 0. The monoisotopic (exact) mass is 570 g/mol. The van der Waals surface area contributed by atoms with Gasteiger partial charge in [-0.2, -0.15) is 0 Å². The minimum Gasteiger partial charge on any atom is -0.510 e. The van der Waals surface area contributed by atoms with Gasteiger partial charge in [-0.1, -0.05) is 25.1 Å². The number of hydrogen-bond donors (Lipinski definition) is 8. The standard InChI is InChI=1S/C28H34N4O9/c1-5-6-9-30-10-14(33)31-13-8-7-12-11(2)15-17(22(35)16(12)21(13)34)25(38)28(41)19(23(15)36)20(32(3)4)24(37)18(26(28)39)27(29)40/h5-8,11,15,19-20,23,30,34,36-38,41H,9-10H2,1-4H3,(H2,29,40)(H,31,33)/t11?,15?,19?,20-,23?,28?/m0/s1. The SMILES string of the molecule is CC=CCNCC(=O)Nc1ccc2c(c1O)C(=O)C1=C(O)C3(O)C(=O)C(C(N)=O)=C(O)[C@@H](N(C)C)C3C(O)C1C2C. The maximum atomic E-state index is 13.9. The average molecular weight is 571 g/mol. The molecule has 1 aromatic rings. The molecule has 220 valence electrons. The Morgan fingerprint density at radius 1 is 1.17 bits per heavy atom. The predicted molar refractivity (Wildman–Crippen MR) is 146 cm³/mol. The van der Waals surface area contributed by atoms with Gasteiger partial charge in [-0.05, 0) is 38.6 Å². The minimum atomic E-state index is -3.00. The third-order valence-corrected chi connectivity index (χ3v) is 8.19. The van der Waals surface area contributed by atoms with E-state index >= 15 is 0 Å². The number of ketones is 2. The summed E-state index contributed by atoms with van der Waals surface area (Å²) in [6, 6.07) is 1.57. The second-order valence-electron chi connectivity index (χ2n) is 10.7. The maximum Gasteiger partial charge on any atom is 0.255 e. The van der Waals surface area contributed by atoms with Gasteiger partial charge in [0.05, 0.1) is 35.9 Å². The zero-order chi connectivity index (χ0) is 30.5. The number of nitrogens with zero attached hydrogens (tertiary/aromatic N) is 1. The number of carbonyl (C=O) groups is 4. The molecule has 0 fully saturated rings. The summed E-state index contributed by atoms with van der Waals surface area (Å²) in [5, 5.41) is 62.1. The Labute approximate surface area is 235 Å². The molecule has 0 saturated heterocycles. The van der Waals surface area contributed by atoms with Gasteiger partial charge >= 0.3 is 0 Å². The van der Waals surface area contributed by atoms with Crippen LogP contribution >= 0.6 is 0 Å². The second kappa shape index (κ2) is 10.7. The Morgan fingerprint density at radius 3 is 2.41 bits per heavy atom. The molecule has 13 nitrogen and oxygen atoms in total. The highest BCUT2D eigenvalue weighted by molar-refractivity contribution is 6.25. The van der Waals surface area contributed by atoms with Crippen molar-refractivity contribution < 1.29 is 44.7 Å². The van der Waals surface area contributed by atoms with E-state index in [1.54, 1.807) is 19.1 Å². The third kappa shape index (κ3) is 4.41. The van der Waals surface area contributed by atoms with Crippen LogP contribution in [0, 0.1) is 11.8 Å². The number of nitrogens with two attached hydrogens (primary N) is 1. The summed E-state index contributed by atoms with van der Waals surface area (Å²) in [7, 11) is 2.93. The number of amides is 2. The van der Waals surface area contributed by atoms with Crippen LogP contribution in [-0.4, -0.2) is 98.7 Å². The van der Waals surface area contributed by atoms with Crippen molar-refractivity contribution >= 4 is 29.1 Å². The molecule has 13 heteroatoms. The molecular formula is C28H34N4O9. The second-order valence-corrected chi connectivity index (χ2v) is 10.7. The van der Waals surface area contributed by atoms with Crippen molar-refractivity contribution in [2.24, 2.45) is 17.6 Å². The van der Waals surface area contributed by atoms with Crippen molar-refractivity contribution in [2.75, 3.05) is 32.5 Å². The average Bonchev–Trinajstić information content (AvgIpc) is 2.89. The number of anilines is 1. The van der Waals surface area contributed by atoms with Gasteiger partial charge in [0.1, 0.15) is 17.1 Å². The number of aliphatic hydroxyl groups excluding tert-OH is 3. The Bertz CT molecular complexity index is 1430. The molecular weight excluding hydrogens is 536 g/mol. The van der Waals surface area contributed by atoms with Crippen LogP contribution in [0.2, 0.25) is 0 Å². The van der Waals surface area contributed by atoms with Crippen molar-refractivity contribution in [1.29, 1.82) is 0 Å². The first-order valence-electron chi connectivity index (χ1n) is 13.0. The van der Waals surface area contributed by atoms with Crippen LogP contribution in [0.4, 0.5) is 5.69 Å². The number of phenolic OH excluding ortho intramolecular Hbond substituents is 1. The molecule has 3 aliphatic carbocycles. The van der Waals surface area contributed by atoms with E-state index in [1.165, 1.54) is 31.1 Å². The van der Waals surface area contributed by atoms with Crippen molar-refractivity contribution in [3.05, 3.63) is 58.1 Å². The van der Waals surface area contributed by atoms with Crippen molar-refractivity contribution in [2.45, 2.75) is 37.5 Å². The van der Waals surface area contributed by atoms with Gasteiger partial charge in [-0.15, -0.1) is 0 Å². The molecule has 1 aromatic carbocycles. The fraction of sp³-hybridized carbons (Fsp3) is 0.429. The zero-order valence-electron chi connectivity index (χ0n) is 23.0. The van der Waals surface area contributed by atoms with Gasteiger partial charge in [0.15, 0.2) is 17.1 Å². The maximum absolute atomic E-state index is 13.9. The van der Waals surface area contributed by atoms with Crippen LogP contribution in [0.1, 0.15) is 35.7 Å². The molecule has 0 aliphatic heterocycles. The molecule has 0 aromatic heterocycles. The molecule has 3 aliphatic rings. The van der Waals surface area contributed by atoms with E-state index in [-0.39, 0.29) is 17.8 Å². The number of nitrogens with one attached hydrogen (secondary N) is 2. The first-order valence-corrected chi connectivity index (χ1v) is 13.0. The summed E-state index contributed by atoms with van der Waals surface area (Å²) in [5.41, 5.74) is 0.762. The van der Waals surface area contributed by atoms with Gasteiger partial charge in [-0.25, -0.2) is 0 Å². The number of benzene rings is 1. The molecule has 0 heterocycles. The minimum absolute atomic E-state index is 0.0843. The highest BCUT2D eigenvalue weighted by Gasteiger charge is 2.67. The van der Waals surface area contributed by atoms with E-state index < -0.39 is 87.3 Å². The molecule has 0 bridgehead atoms. The highest BCUT2D eigenvalue weighted by Crippen LogP contribution is 2.56. The van der Waals surface area contributed by atoms with Gasteiger partial charge in [0, 0.05) is 18.0 Å². The molecule has 4 rings (SSSR count). The van der Waals surface area contributed by atoms with Crippen LogP contribution in [0.25, 0.3) is 0 Å². The van der Waals surface area contributed by atoms with E-state index in [0.717, 1.165) is 0 Å². The van der Waals surface area contributed by atoms with E-state index in [9.17, 15) is 44.7 Å². The third-order valence-electron chi connectivity index (χ3n) is 8.19. The molecule has 5 unspecified atom stereocenters. The predicted octanol–water partition coefficient (Wildman–Crippen LogP) is -0.243. The van der Waals surface area contributed by atoms with E-state index in [1.807, 2.05) is 6.92 Å². The summed E-state index contributed by atoms with van der Waals surface area (Å²) in [6.45, 7) is 3.81. The zero-order valence-corrected chi connectivity index (χ0v) is 23.0. The molecule has 2 amide bonds. The number of hydrogen-bond acceptors (Lipinski definition) is 11. The fourth-order valence-electron chi connectivity index (χ4n) is 6.31. The van der Waals surface area contributed by atoms with Crippen LogP contribution < -0.4 is 16.4 Å². The topological polar surface area (TPSA) is 223 Å². The lowest BCUT2D eigenvalue weighted by atomic mass is 9.55. The normalized spacial score (nSPS) is 29.5. The van der Waals surface area contributed by atoms with Gasteiger partial charge < -0.3 is 41.9 Å². The lowest BCUT2D eigenvalue weighted by Gasteiger charge is -2.53. The molecule has 0 radical (unpaired) electrons. The molecule has 0 saturated carbocycles. The Balaban J connectivity index is 1.85. The van der Waals surface area contributed by atoms with Gasteiger partial charge in [0.25, 0.3) is 5.91 Å². The highest BCUT2D eigenvalue weighted by atomic mass is 16.4. The molecule has 0 spiro atoms. The number of primary amides is 1. The molecule has 9 N–H and O–H groups in total. The van der Waals surface area contributed by atoms with Crippen LogP contribution in [0.15, 0.2) is 46.9 Å². The number of Topliss-reactive ketones (excluding diaryl/α,β-unsaturated/α-hetero) is 2. The molecule has 41 heavy (non-hydrogen) atoms. The molecule has 6 atom stereocenters. The first kappa shape index (κ1) is 29.9. The van der Waals surface area contributed by atoms with Crippen molar-refractivity contribution in [3.63, 3.8) is 0 Å². The summed E-state index contributed by atoms with van der Waals surface area (Å²) in [4.78, 5) is 53.2. The smallest absolute Gasteiger partial charge is 0.255 e. The number of aliphatic hydroxyl groups is 4. The van der Waals surface area contributed by atoms with Crippen molar-refractivity contribution in [1.82, 2.24) is 10.2 Å². The number of carbonyl (C=O) groups excluding carboxylic acids is 4. The van der Waals surface area contributed by atoms with Crippen LogP contribution in [-0.2, 0) is 14.4 Å². The summed E-state index contributed by atoms with van der Waals surface area (Å²) < 4.78 is 0. The van der Waals surface area contributed by atoms with Crippen molar-refractivity contribution in [3.8, 4) is 5.75 Å². The summed E-state index contributed by atoms with van der Waals surface area (Å²) in [6.07, 6.45) is 1.93. The Hall–Kier alpha value is -4.04. The Morgan fingerprint density at radius 2 is 1.83 bits per heavy atom. The van der Waals surface area contributed by atoms with E-state index in [2.05, 4.69) is 10.6 Å². The number of rotatable bonds is 7. The lowest BCUT2D eigenvalue weighted by molar-refractivity contribution is -0.162. The number of fused-ring (bicyclic) bond motifs is 3. The number of allylic oxidation sites excluding steroid dienone is 1. The number of phenols is 1. The number of likely N-dealkylation sites (N-methyl/N-ethyl adjacent to an activating group) is 1. The Kier molecular flexibility index (Phi) is 7.84. The largest absolute Gasteiger partial charge is 0.510 e.